The van der Waals surface area contributed by atoms with Gasteiger partial charge in [0.15, 0.2) is 0 Å². The number of anilines is 1. The first-order valence-electron chi connectivity index (χ1n) is 4.99. The molecule has 5 nitrogen and oxygen atoms in total. The summed E-state index contributed by atoms with van der Waals surface area (Å²) in [5.74, 6) is -0.657. The molecule has 1 aromatic carbocycles. The lowest BCUT2D eigenvalue weighted by molar-refractivity contribution is 0.0972. The lowest BCUT2D eigenvalue weighted by Gasteiger charge is -2.16. The lowest BCUT2D eigenvalue weighted by Crippen LogP contribution is -2.24. The molecule has 1 aliphatic carbocycles. The van der Waals surface area contributed by atoms with E-state index in [9.17, 15) is 9.59 Å². The second kappa shape index (κ2) is 3.21. The average Bonchev–Trinajstić information content (AvgIpc) is 2.36. The van der Waals surface area contributed by atoms with Gasteiger partial charge in [0.1, 0.15) is 11.4 Å². The van der Waals surface area contributed by atoms with E-state index in [1.54, 1.807) is 18.2 Å². The Balaban J connectivity index is 2.37. The van der Waals surface area contributed by atoms with Crippen LogP contribution in [0.15, 0.2) is 30.6 Å². The maximum atomic E-state index is 12.1. The summed E-state index contributed by atoms with van der Waals surface area (Å²) in [4.78, 5) is 32.0. The summed E-state index contributed by atoms with van der Waals surface area (Å²) in [6, 6.07) is 4.80. The molecule has 0 radical (unpaired) electrons. The van der Waals surface area contributed by atoms with E-state index >= 15 is 0 Å². The molecular formula is C12H7N3O2. The van der Waals surface area contributed by atoms with Gasteiger partial charge < -0.3 is 5.73 Å². The van der Waals surface area contributed by atoms with Crippen LogP contribution in [-0.4, -0.2) is 21.5 Å². The number of ketones is 2. The number of benzene rings is 1. The van der Waals surface area contributed by atoms with Crippen LogP contribution in [0.1, 0.15) is 32.1 Å². The molecule has 0 saturated carbocycles. The molecule has 82 valence electrons. The Morgan fingerprint density at radius 2 is 1.59 bits per heavy atom. The summed E-state index contributed by atoms with van der Waals surface area (Å²) in [6.45, 7) is 0. The van der Waals surface area contributed by atoms with Gasteiger partial charge in [-0.25, -0.2) is 9.97 Å². The monoisotopic (exact) mass is 225 g/mol. The van der Waals surface area contributed by atoms with Crippen molar-refractivity contribution in [2.45, 2.75) is 0 Å². The van der Waals surface area contributed by atoms with Gasteiger partial charge in [-0.2, -0.15) is 0 Å². The van der Waals surface area contributed by atoms with E-state index in [1.807, 2.05) is 0 Å². The highest BCUT2D eigenvalue weighted by Crippen LogP contribution is 2.28. The van der Waals surface area contributed by atoms with Crippen LogP contribution in [0.25, 0.3) is 0 Å². The first-order valence-corrected chi connectivity index (χ1v) is 4.99. The predicted octanol–water partition coefficient (Wildman–Crippen LogP) is 0.834. The molecule has 0 atom stereocenters. The third-order valence-electron chi connectivity index (χ3n) is 2.70. The summed E-state index contributed by atoms with van der Waals surface area (Å²) in [6.07, 6.45) is 2.77. The van der Waals surface area contributed by atoms with Crippen LogP contribution in [0.2, 0.25) is 0 Å². The van der Waals surface area contributed by atoms with Crippen LogP contribution in [0.3, 0.4) is 0 Å². The van der Waals surface area contributed by atoms with Gasteiger partial charge in [-0.05, 0) is 6.07 Å². The molecule has 2 aromatic rings. The minimum absolute atomic E-state index is 0.0721. The second-order valence-corrected chi connectivity index (χ2v) is 3.68. The lowest BCUT2D eigenvalue weighted by atomic mass is 9.88. The highest BCUT2D eigenvalue weighted by atomic mass is 16.1. The summed E-state index contributed by atoms with van der Waals surface area (Å²) in [5.41, 5.74) is 6.71. The number of hydrogen-bond donors (Lipinski definition) is 1. The van der Waals surface area contributed by atoms with E-state index in [4.69, 9.17) is 5.73 Å². The molecule has 0 fully saturated rings. The third-order valence-corrected chi connectivity index (χ3v) is 2.70. The Labute approximate surface area is 96.3 Å². The number of nitrogen functional groups attached to an aromatic ring is 1. The molecule has 0 aliphatic heterocycles. The molecule has 3 rings (SSSR count). The Morgan fingerprint density at radius 3 is 2.29 bits per heavy atom. The normalized spacial score (nSPS) is 13.2. The van der Waals surface area contributed by atoms with Gasteiger partial charge in [-0.1, -0.05) is 12.1 Å². The maximum absolute atomic E-state index is 12.1. The quantitative estimate of drug-likeness (QED) is 0.573. The first kappa shape index (κ1) is 9.65. The number of carbonyl (C=O) groups excluding carboxylic acids is 2. The first-order chi connectivity index (χ1) is 8.20. The maximum Gasteiger partial charge on any atom is 0.216 e. The average molecular weight is 225 g/mol. The van der Waals surface area contributed by atoms with Gasteiger partial charge in [-0.3, -0.25) is 9.59 Å². The van der Waals surface area contributed by atoms with Crippen LogP contribution in [0.5, 0.6) is 0 Å². The number of nitrogens with zero attached hydrogens (tertiary/aromatic N) is 2. The molecule has 0 unspecified atom stereocenters. The standard InChI is InChI=1S/C12H7N3O2/c13-7-3-1-2-6-8(7)12(17)10-9(11(6)16)14-4-5-15-10/h1-5H,13H2. The Bertz CT molecular complexity index is 665. The number of fused-ring (bicyclic) bond motifs is 2. The topological polar surface area (TPSA) is 85.9 Å². The van der Waals surface area contributed by atoms with E-state index in [0.717, 1.165) is 0 Å². The van der Waals surface area contributed by atoms with Crippen LogP contribution in [0, 0.1) is 0 Å². The zero-order valence-electron chi connectivity index (χ0n) is 8.68. The van der Waals surface area contributed by atoms with Crippen molar-refractivity contribution in [1.29, 1.82) is 0 Å². The van der Waals surface area contributed by atoms with E-state index in [2.05, 4.69) is 9.97 Å². The van der Waals surface area contributed by atoms with Gasteiger partial charge in [0.05, 0.1) is 5.56 Å². The van der Waals surface area contributed by atoms with E-state index in [1.165, 1.54) is 12.4 Å². The van der Waals surface area contributed by atoms with E-state index < -0.39 is 0 Å². The van der Waals surface area contributed by atoms with Crippen molar-refractivity contribution in [1.82, 2.24) is 9.97 Å². The molecular weight excluding hydrogens is 218 g/mol. The summed E-state index contributed by atoms with van der Waals surface area (Å²) >= 11 is 0. The van der Waals surface area contributed by atoms with Crippen molar-refractivity contribution in [2.75, 3.05) is 5.73 Å². The Kier molecular flexibility index (Phi) is 1.82. The molecule has 0 bridgehead atoms. The van der Waals surface area contributed by atoms with Crippen LogP contribution in [0.4, 0.5) is 5.69 Å². The van der Waals surface area contributed by atoms with Gasteiger partial charge >= 0.3 is 0 Å². The summed E-state index contributed by atoms with van der Waals surface area (Å²) in [7, 11) is 0. The van der Waals surface area contributed by atoms with Gasteiger partial charge in [0.2, 0.25) is 11.6 Å². The fraction of sp³-hybridized carbons (Fsp3) is 0. The highest BCUT2D eigenvalue weighted by Gasteiger charge is 2.33. The largest absolute Gasteiger partial charge is 0.398 e. The van der Waals surface area contributed by atoms with Crippen LogP contribution in [-0.2, 0) is 0 Å². The Morgan fingerprint density at radius 1 is 0.941 bits per heavy atom. The molecule has 0 spiro atoms. The van der Waals surface area contributed by atoms with Crippen molar-refractivity contribution < 1.29 is 9.59 Å². The number of aromatic nitrogens is 2. The van der Waals surface area contributed by atoms with Crippen LogP contribution >= 0.6 is 0 Å². The fourth-order valence-corrected chi connectivity index (χ4v) is 1.93. The van der Waals surface area contributed by atoms with E-state index in [-0.39, 0.29) is 34.2 Å². The van der Waals surface area contributed by atoms with Gasteiger partial charge in [0.25, 0.3) is 0 Å². The van der Waals surface area contributed by atoms with Crippen molar-refractivity contribution in [2.24, 2.45) is 0 Å². The molecule has 1 aromatic heterocycles. The number of carbonyl (C=O) groups is 2. The molecule has 5 heteroatoms. The Hall–Kier alpha value is -2.56. The third kappa shape index (κ3) is 1.19. The predicted molar refractivity (Wildman–Crippen MR) is 59.8 cm³/mol. The fourth-order valence-electron chi connectivity index (χ4n) is 1.93. The molecule has 17 heavy (non-hydrogen) atoms. The SMILES string of the molecule is Nc1cccc2c1C(=O)c1nccnc1C2=O. The molecule has 0 saturated heterocycles. The zero-order chi connectivity index (χ0) is 12.0. The van der Waals surface area contributed by atoms with Gasteiger partial charge in [-0.15, -0.1) is 0 Å². The van der Waals surface area contributed by atoms with Crippen LogP contribution < -0.4 is 5.73 Å². The molecule has 1 aliphatic rings. The van der Waals surface area contributed by atoms with E-state index in [0.29, 0.717) is 5.56 Å². The van der Waals surface area contributed by atoms with Crippen molar-refractivity contribution in [3.63, 3.8) is 0 Å². The second-order valence-electron chi connectivity index (χ2n) is 3.68. The van der Waals surface area contributed by atoms with Gasteiger partial charge in [0, 0.05) is 23.6 Å². The van der Waals surface area contributed by atoms with Crippen molar-refractivity contribution >= 4 is 17.3 Å². The summed E-state index contributed by atoms with van der Waals surface area (Å²) in [5, 5.41) is 0. The molecule has 2 N–H and O–H groups in total. The smallest absolute Gasteiger partial charge is 0.216 e. The molecule has 1 heterocycles. The minimum atomic E-state index is -0.346. The minimum Gasteiger partial charge on any atom is -0.398 e. The molecule has 0 amide bonds. The zero-order valence-corrected chi connectivity index (χ0v) is 8.68. The number of nitrogens with two attached hydrogens (primary N) is 1. The highest BCUT2D eigenvalue weighted by molar-refractivity contribution is 6.28. The summed E-state index contributed by atoms with van der Waals surface area (Å²) < 4.78 is 0. The number of rotatable bonds is 0. The number of hydrogen-bond acceptors (Lipinski definition) is 5. The van der Waals surface area contributed by atoms with Crippen molar-refractivity contribution in [3.8, 4) is 0 Å². The van der Waals surface area contributed by atoms with Crippen molar-refractivity contribution in [3.05, 3.63) is 53.1 Å².